The summed E-state index contributed by atoms with van der Waals surface area (Å²) in [5.74, 6) is 0.0155. The molecular formula is C15H24N2O3. The molecule has 2 N–H and O–H groups in total. The van der Waals surface area contributed by atoms with Gasteiger partial charge < -0.3 is 20.1 Å². The largest absolute Gasteiger partial charge is 0.385 e. The molecule has 0 radical (unpaired) electrons. The minimum atomic E-state index is 0.0155. The van der Waals surface area contributed by atoms with Crippen molar-refractivity contribution in [3.63, 3.8) is 0 Å². The van der Waals surface area contributed by atoms with Gasteiger partial charge in [-0.3, -0.25) is 4.79 Å². The standard InChI is InChI=1S/C15H24N2O3/c1-19-10-3-8-17(9-11-20-2)15(18)14-6-4-13(12-16)5-7-14/h4-7H,3,8-12,16H2,1-2H3. The fourth-order valence-corrected chi connectivity index (χ4v) is 1.88. The van der Waals surface area contributed by atoms with Crippen LogP contribution in [0.2, 0.25) is 0 Å². The van der Waals surface area contributed by atoms with Crippen molar-refractivity contribution in [1.29, 1.82) is 0 Å². The third-order valence-electron chi connectivity index (χ3n) is 3.07. The zero-order chi connectivity index (χ0) is 14.8. The maximum absolute atomic E-state index is 12.4. The van der Waals surface area contributed by atoms with Gasteiger partial charge in [0.15, 0.2) is 0 Å². The molecule has 1 aromatic rings. The minimum absolute atomic E-state index is 0.0155. The van der Waals surface area contributed by atoms with Gasteiger partial charge in [-0.25, -0.2) is 0 Å². The Hall–Kier alpha value is -1.43. The van der Waals surface area contributed by atoms with Crippen molar-refractivity contribution in [3.05, 3.63) is 35.4 Å². The number of hydrogen-bond donors (Lipinski definition) is 1. The van der Waals surface area contributed by atoms with Crippen LogP contribution in [-0.2, 0) is 16.0 Å². The molecule has 1 amide bonds. The molecule has 0 bridgehead atoms. The number of benzene rings is 1. The number of nitrogens with two attached hydrogens (primary N) is 1. The molecule has 0 saturated carbocycles. The second kappa shape index (κ2) is 9.47. The third-order valence-corrected chi connectivity index (χ3v) is 3.07. The van der Waals surface area contributed by atoms with E-state index in [1.54, 1.807) is 19.1 Å². The zero-order valence-electron chi connectivity index (χ0n) is 12.3. The summed E-state index contributed by atoms with van der Waals surface area (Å²) in [6.07, 6.45) is 0.812. The first-order chi connectivity index (χ1) is 9.72. The number of amides is 1. The van der Waals surface area contributed by atoms with E-state index < -0.39 is 0 Å². The van der Waals surface area contributed by atoms with Gasteiger partial charge in [-0.1, -0.05) is 12.1 Å². The Morgan fingerprint density at radius 2 is 1.75 bits per heavy atom. The molecule has 0 atom stereocenters. The monoisotopic (exact) mass is 280 g/mol. The van der Waals surface area contributed by atoms with Crippen LogP contribution in [0.3, 0.4) is 0 Å². The van der Waals surface area contributed by atoms with Crippen molar-refractivity contribution in [2.75, 3.05) is 40.5 Å². The number of carbonyl (C=O) groups excluding carboxylic acids is 1. The van der Waals surface area contributed by atoms with Crippen LogP contribution < -0.4 is 5.73 Å². The second-order valence-corrected chi connectivity index (χ2v) is 4.53. The molecule has 0 unspecified atom stereocenters. The average Bonchev–Trinajstić information content (AvgIpc) is 2.50. The second-order valence-electron chi connectivity index (χ2n) is 4.53. The molecule has 0 aliphatic carbocycles. The van der Waals surface area contributed by atoms with E-state index in [1.807, 2.05) is 24.3 Å². The SMILES string of the molecule is COCCCN(CCOC)C(=O)c1ccc(CN)cc1. The topological polar surface area (TPSA) is 64.8 Å². The van der Waals surface area contributed by atoms with E-state index in [9.17, 15) is 4.79 Å². The predicted molar refractivity (Wildman–Crippen MR) is 78.6 cm³/mol. The molecule has 0 spiro atoms. The number of carbonyl (C=O) groups is 1. The maximum atomic E-state index is 12.4. The summed E-state index contributed by atoms with van der Waals surface area (Å²) in [4.78, 5) is 14.2. The zero-order valence-corrected chi connectivity index (χ0v) is 12.3. The molecule has 20 heavy (non-hydrogen) atoms. The lowest BCUT2D eigenvalue weighted by molar-refractivity contribution is 0.0674. The van der Waals surface area contributed by atoms with Crippen LogP contribution in [0.1, 0.15) is 22.3 Å². The van der Waals surface area contributed by atoms with Gasteiger partial charge in [0.1, 0.15) is 0 Å². The number of nitrogens with zero attached hydrogens (tertiary/aromatic N) is 1. The van der Waals surface area contributed by atoms with E-state index in [2.05, 4.69) is 0 Å². The van der Waals surface area contributed by atoms with Gasteiger partial charge in [0.25, 0.3) is 5.91 Å². The summed E-state index contributed by atoms with van der Waals surface area (Å²) in [5.41, 5.74) is 7.25. The molecule has 1 rings (SSSR count). The Labute approximate surface area is 120 Å². The van der Waals surface area contributed by atoms with E-state index >= 15 is 0 Å². The van der Waals surface area contributed by atoms with Crippen LogP contribution in [0.4, 0.5) is 0 Å². The lowest BCUT2D eigenvalue weighted by atomic mass is 10.1. The van der Waals surface area contributed by atoms with Gasteiger partial charge in [-0.05, 0) is 24.1 Å². The first-order valence-electron chi connectivity index (χ1n) is 6.79. The summed E-state index contributed by atoms with van der Waals surface area (Å²) in [6, 6.07) is 7.41. The summed E-state index contributed by atoms with van der Waals surface area (Å²) >= 11 is 0. The molecule has 1 aromatic carbocycles. The first kappa shape index (κ1) is 16.6. The number of rotatable bonds is 9. The molecule has 0 aliphatic rings. The van der Waals surface area contributed by atoms with E-state index in [0.29, 0.717) is 38.4 Å². The normalized spacial score (nSPS) is 10.6. The number of ether oxygens (including phenoxy) is 2. The van der Waals surface area contributed by atoms with Crippen LogP contribution in [0.15, 0.2) is 24.3 Å². The van der Waals surface area contributed by atoms with Gasteiger partial charge in [-0.2, -0.15) is 0 Å². The van der Waals surface area contributed by atoms with Crippen LogP contribution in [-0.4, -0.2) is 51.3 Å². The average molecular weight is 280 g/mol. The molecule has 0 saturated heterocycles. The molecule has 0 aromatic heterocycles. The quantitative estimate of drug-likeness (QED) is 0.692. The highest BCUT2D eigenvalue weighted by Gasteiger charge is 2.15. The van der Waals surface area contributed by atoms with Crippen molar-refractivity contribution in [2.24, 2.45) is 5.73 Å². The number of hydrogen-bond acceptors (Lipinski definition) is 4. The smallest absolute Gasteiger partial charge is 0.253 e. The van der Waals surface area contributed by atoms with Crippen molar-refractivity contribution in [3.8, 4) is 0 Å². The van der Waals surface area contributed by atoms with E-state index in [1.165, 1.54) is 0 Å². The number of methoxy groups -OCH3 is 2. The summed E-state index contributed by atoms with van der Waals surface area (Å²) in [7, 11) is 3.29. The van der Waals surface area contributed by atoms with Crippen molar-refractivity contribution in [2.45, 2.75) is 13.0 Å². The molecular weight excluding hydrogens is 256 g/mol. The summed E-state index contributed by atoms with van der Waals surface area (Å²) in [6.45, 7) is 2.89. The lowest BCUT2D eigenvalue weighted by Gasteiger charge is -2.22. The molecule has 0 aliphatic heterocycles. The Balaban J connectivity index is 2.68. The summed E-state index contributed by atoms with van der Waals surface area (Å²) < 4.78 is 10.1. The highest BCUT2D eigenvalue weighted by atomic mass is 16.5. The summed E-state index contributed by atoms with van der Waals surface area (Å²) in [5, 5.41) is 0. The predicted octanol–water partition coefficient (Wildman–Crippen LogP) is 1.27. The highest BCUT2D eigenvalue weighted by Crippen LogP contribution is 2.08. The van der Waals surface area contributed by atoms with Crippen molar-refractivity contribution < 1.29 is 14.3 Å². The van der Waals surface area contributed by atoms with E-state index in [-0.39, 0.29) is 5.91 Å². The van der Waals surface area contributed by atoms with Crippen LogP contribution in [0, 0.1) is 0 Å². The maximum Gasteiger partial charge on any atom is 0.253 e. The minimum Gasteiger partial charge on any atom is -0.385 e. The molecule has 5 heteroatoms. The Bertz CT molecular complexity index is 393. The Kier molecular flexibility index (Phi) is 7.87. The Morgan fingerprint density at radius 3 is 2.30 bits per heavy atom. The van der Waals surface area contributed by atoms with Gasteiger partial charge in [0.05, 0.1) is 6.61 Å². The van der Waals surface area contributed by atoms with Gasteiger partial charge in [-0.15, -0.1) is 0 Å². The fourth-order valence-electron chi connectivity index (χ4n) is 1.88. The molecule has 0 heterocycles. The van der Waals surface area contributed by atoms with Crippen LogP contribution >= 0.6 is 0 Å². The molecule has 5 nitrogen and oxygen atoms in total. The Morgan fingerprint density at radius 1 is 1.10 bits per heavy atom. The van der Waals surface area contributed by atoms with Crippen molar-refractivity contribution in [1.82, 2.24) is 4.90 Å². The van der Waals surface area contributed by atoms with Gasteiger partial charge in [0, 0.05) is 46.0 Å². The van der Waals surface area contributed by atoms with E-state index in [0.717, 1.165) is 12.0 Å². The molecule has 0 fully saturated rings. The third kappa shape index (κ3) is 5.28. The lowest BCUT2D eigenvalue weighted by Crippen LogP contribution is -2.35. The first-order valence-corrected chi connectivity index (χ1v) is 6.79. The van der Waals surface area contributed by atoms with Crippen LogP contribution in [0.5, 0.6) is 0 Å². The van der Waals surface area contributed by atoms with Crippen LogP contribution in [0.25, 0.3) is 0 Å². The van der Waals surface area contributed by atoms with Crippen molar-refractivity contribution >= 4 is 5.91 Å². The van der Waals surface area contributed by atoms with E-state index in [4.69, 9.17) is 15.2 Å². The van der Waals surface area contributed by atoms with Gasteiger partial charge in [0.2, 0.25) is 0 Å². The fraction of sp³-hybridized carbons (Fsp3) is 0.533. The molecule has 112 valence electrons. The highest BCUT2D eigenvalue weighted by molar-refractivity contribution is 5.94. The van der Waals surface area contributed by atoms with Gasteiger partial charge >= 0.3 is 0 Å².